The standard InChI is InChI=1S/C12H16BrNO3/c1-3-14(2)12(16)8-17-10-4-5-11(13)9(6-10)7-15/h4-6,15H,3,7-8H2,1-2H3. The van der Waals surface area contributed by atoms with Crippen molar-refractivity contribution in [1.82, 2.24) is 4.90 Å². The van der Waals surface area contributed by atoms with Crippen LogP contribution in [0.2, 0.25) is 0 Å². The fourth-order valence-electron chi connectivity index (χ4n) is 1.19. The minimum absolute atomic E-state index is 0.0108. The van der Waals surface area contributed by atoms with Crippen LogP contribution in [0.5, 0.6) is 5.75 Å². The first-order valence-electron chi connectivity index (χ1n) is 5.34. The first kappa shape index (κ1) is 14.0. The van der Waals surface area contributed by atoms with E-state index in [4.69, 9.17) is 9.84 Å². The Balaban J connectivity index is 2.61. The van der Waals surface area contributed by atoms with Gasteiger partial charge in [0.15, 0.2) is 6.61 Å². The van der Waals surface area contributed by atoms with Crippen molar-refractivity contribution in [2.45, 2.75) is 13.5 Å². The predicted octanol–water partition coefficient (Wildman–Crippen LogP) is 1.80. The van der Waals surface area contributed by atoms with Gasteiger partial charge in [0.05, 0.1) is 6.61 Å². The maximum atomic E-state index is 11.5. The molecule has 0 aliphatic heterocycles. The molecule has 0 saturated carbocycles. The van der Waals surface area contributed by atoms with Crippen LogP contribution in [0.1, 0.15) is 12.5 Å². The molecule has 94 valence electrons. The molecular weight excluding hydrogens is 286 g/mol. The number of amides is 1. The SMILES string of the molecule is CCN(C)C(=O)COc1ccc(Br)c(CO)c1. The van der Waals surface area contributed by atoms with Gasteiger partial charge in [-0.05, 0) is 30.7 Å². The molecule has 0 unspecified atom stereocenters. The molecule has 0 heterocycles. The maximum absolute atomic E-state index is 11.5. The molecular formula is C12H16BrNO3. The van der Waals surface area contributed by atoms with Gasteiger partial charge in [-0.15, -0.1) is 0 Å². The molecule has 1 amide bonds. The van der Waals surface area contributed by atoms with Crippen LogP contribution < -0.4 is 4.74 Å². The summed E-state index contributed by atoms with van der Waals surface area (Å²) in [6, 6.07) is 5.25. The predicted molar refractivity (Wildman–Crippen MR) is 68.9 cm³/mol. The molecule has 0 saturated heterocycles. The topological polar surface area (TPSA) is 49.8 Å². The van der Waals surface area contributed by atoms with Crippen LogP contribution in [0.25, 0.3) is 0 Å². The maximum Gasteiger partial charge on any atom is 0.260 e. The number of aliphatic hydroxyl groups is 1. The molecule has 0 fully saturated rings. The molecule has 5 heteroatoms. The van der Waals surface area contributed by atoms with Crippen molar-refractivity contribution < 1.29 is 14.6 Å². The number of nitrogens with zero attached hydrogens (tertiary/aromatic N) is 1. The second kappa shape index (κ2) is 6.61. The fourth-order valence-corrected chi connectivity index (χ4v) is 1.57. The summed E-state index contributed by atoms with van der Waals surface area (Å²) in [4.78, 5) is 13.1. The van der Waals surface area contributed by atoms with E-state index in [1.54, 1.807) is 30.1 Å². The summed E-state index contributed by atoms with van der Waals surface area (Å²) in [5, 5.41) is 9.09. The number of carbonyl (C=O) groups is 1. The van der Waals surface area contributed by atoms with E-state index in [0.717, 1.165) is 10.0 Å². The van der Waals surface area contributed by atoms with E-state index in [0.29, 0.717) is 12.3 Å². The van der Waals surface area contributed by atoms with E-state index < -0.39 is 0 Å². The lowest BCUT2D eigenvalue weighted by Crippen LogP contribution is -2.31. The summed E-state index contributed by atoms with van der Waals surface area (Å²) in [5.74, 6) is 0.510. The molecule has 1 rings (SSSR count). The number of carbonyl (C=O) groups excluding carboxylic acids is 1. The molecule has 0 aliphatic carbocycles. The van der Waals surface area contributed by atoms with Crippen molar-refractivity contribution in [3.8, 4) is 5.75 Å². The number of hydrogen-bond acceptors (Lipinski definition) is 3. The molecule has 0 aliphatic rings. The van der Waals surface area contributed by atoms with E-state index in [9.17, 15) is 4.79 Å². The van der Waals surface area contributed by atoms with Crippen LogP contribution in [-0.4, -0.2) is 36.1 Å². The van der Waals surface area contributed by atoms with Gasteiger partial charge in [-0.25, -0.2) is 0 Å². The van der Waals surface area contributed by atoms with E-state index in [-0.39, 0.29) is 19.1 Å². The van der Waals surface area contributed by atoms with Crippen LogP contribution in [0.4, 0.5) is 0 Å². The zero-order valence-electron chi connectivity index (χ0n) is 9.94. The molecule has 1 N–H and O–H groups in total. The number of benzene rings is 1. The minimum Gasteiger partial charge on any atom is -0.484 e. The Morgan fingerprint density at radius 3 is 2.82 bits per heavy atom. The van der Waals surface area contributed by atoms with Crippen LogP contribution >= 0.6 is 15.9 Å². The van der Waals surface area contributed by atoms with E-state index in [1.807, 2.05) is 6.92 Å². The van der Waals surface area contributed by atoms with Crippen molar-refractivity contribution in [3.63, 3.8) is 0 Å². The first-order valence-corrected chi connectivity index (χ1v) is 6.13. The van der Waals surface area contributed by atoms with Gasteiger partial charge >= 0.3 is 0 Å². The van der Waals surface area contributed by atoms with Crippen molar-refractivity contribution in [2.75, 3.05) is 20.2 Å². The largest absolute Gasteiger partial charge is 0.484 e. The molecule has 1 aromatic rings. The zero-order chi connectivity index (χ0) is 12.8. The van der Waals surface area contributed by atoms with Crippen LogP contribution in [-0.2, 0) is 11.4 Å². The number of hydrogen-bond donors (Lipinski definition) is 1. The lowest BCUT2D eigenvalue weighted by Gasteiger charge is -2.15. The third-order valence-electron chi connectivity index (χ3n) is 2.45. The van der Waals surface area contributed by atoms with Gasteiger partial charge in [-0.3, -0.25) is 4.79 Å². The summed E-state index contributed by atoms with van der Waals surface area (Å²) in [6.07, 6.45) is 0. The van der Waals surface area contributed by atoms with Crippen LogP contribution in [0.3, 0.4) is 0 Å². The second-order valence-electron chi connectivity index (χ2n) is 3.61. The molecule has 0 aromatic heterocycles. The van der Waals surface area contributed by atoms with Crippen molar-refractivity contribution in [2.24, 2.45) is 0 Å². The van der Waals surface area contributed by atoms with Gasteiger partial charge in [-0.2, -0.15) is 0 Å². The van der Waals surface area contributed by atoms with Crippen LogP contribution in [0, 0.1) is 0 Å². The average molecular weight is 302 g/mol. The summed E-state index contributed by atoms with van der Waals surface area (Å²) in [5.41, 5.74) is 0.735. The Morgan fingerprint density at radius 2 is 2.24 bits per heavy atom. The highest BCUT2D eigenvalue weighted by Crippen LogP contribution is 2.22. The van der Waals surface area contributed by atoms with Crippen molar-refractivity contribution in [3.05, 3.63) is 28.2 Å². The quantitative estimate of drug-likeness (QED) is 0.902. The Hall–Kier alpha value is -1.07. The number of rotatable bonds is 5. The summed E-state index contributed by atoms with van der Waals surface area (Å²) < 4.78 is 6.19. The monoisotopic (exact) mass is 301 g/mol. The van der Waals surface area contributed by atoms with E-state index >= 15 is 0 Å². The lowest BCUT2D eigenvalue weighted by molar-refractivity contribution is -0.131. The average Bonchev–Trinajstić information content (AvgIpc) is 2.36. The van der Waals surface area contributed by atoms with E-state index in [2.05, 4.69) is 15.9 Å². The van der Waals surface area contributed by atoms with Crippen molar-refractivity contribution >= 4 is 21.8 Å². The molecule has 4 nitrogen and oxygen atoms in total. The fraction of sp³-hybridized carbons (Fsp3) is 0.417. The van der Waals surface area contributed by atoms with E-state index in [1.165, 1.54) is 0 Å². The molecule has 17 heavy (non-hydrogen) atoms. The second-order valence-corrected chi connectivity index (χ2v) is 4.46. The van der Waals surface area contributed by atoms with Gasteiger partial charge in [0.1, 0.15) is 5.75 Å². The van der Waals surface area contributed by atoms with Gasteiger partial charge in [0.2, 0.25) is 0 Å². The smallest absolute Gasteiger partial charge is 0.260 e. The number of halogens is 1. The Kier molecular flexibility index (Phi) is 5.44. The molecule has 1 aromatic carbocycles. The van der Waals surface area contributed by atoms with Gasteiger partial charge in [-0.1, -0.05) is 15.9 Å². The molecule has 0 bridgehead atoms. The number of likely N-dealkylation sites (N-methyl/N-ethyl adjacent to an activating group) is 1. The number of aliphatic hydroxyl groups excluding tert-OH is 1. The lowest BCUT2D eigenvalue weighted by atomic mass is 10.2. The summed E-state index contributed by atoms with van der Waals surface area (Å²) in [6.45, 7) is 2.50. The highest BCUT2D eigenvalue weighted by atomic mass is 79.9. The summed E-state index contributed by atoms with van der Waals surface area (Å²) >= 11 is 3.31. The Morgan fingerprint density at radius 1 is 1.53 bits per heavy atom. The van der Waals surface area contributed by atoms with Gasteiger partial charge < -0.3 is 14.7 Å². The molecule has 0 atom stereocenters. The highest BCUT2D eigenvalue weighted by Gasteiger charge is 2.08. The third-order valence-corrected chi connectivity index (χ3v) is 3.22. The van der Waals surface area contributed by atoms with Gasteiger partial charge in [0, 0.05) is 18.1 Å². The summed E-state index contributed by atoms with van der Waals surface area (Å²) in [7, 11) is 1.73. The van der Waals surface area contributed by atoms with Crippen molar-refractivity contribution in [1.29, 1.82) is 0 Å². The Bertz CT molecular complexity index is 395. The number of ether oxygens (including phenoxy) is 1. The Labute approximate surface area is 109 Å². The third kappa shape index (κ3) is 4.02. The molecule has 0 spiro atoms. The minimum atomic E-state index is -0.0689. The van der Waals surface area contributed by atoms with Crippen LogP contribution in [0.15, 0.2) is 22.7 Å². The normalized spacial score (nSPS) is 10.1. The first-order chi connectivity index (χ1) is 8.08. The molecule has 0 radical (unpaired) electrons. The highest BCUT2D eigenvalue weighted by molar-refractivity contribution is 9.10. The van der Waals surface area contributed by atoms with Gasteiger partial charge in [0.25, 0.3) is 5.91 Å². The zero-order valence-corrected chi connectivity index (χ0v) is 11.5.